The van der Waals surface area contributed by atoms with Gasteiger partial charge in [-0.25, -0.2) is 14.8 Å². The van der Waals surface area contributed by atoms with Gasteiger partial charge in [0.15, 0.2) is 11.6 Å². The van der Waals surface area contributed by atoms with Crippen molar-refractivity contribution < 1.29 is 28.6 Å². The molecule has 2 aliphatic heterocycles. The third-order valence-electron chi connectivity index (χ3n) is 13.7. The molecule has 2 fully saturated rings. The number of alkyl carbamates (subject to hydrolysis) is 1. The average Bonchev–Trinajstić information content (AvgIpc) is 4.20. The van der Waals surface area contributed by atoms with Crippen LogP contribution in [0.1, 0.15) is 92.1 Å². The second-order valence-corrected chi connectivity index (χ2v) is 21.5. The number of fused-ring (bicyclic) bond motifs is 4. The summed E-state index contributed by atoms with van der Waals surface area (Å²) in [4.78, 5) is 55.3. The maximum Gasteiger partial charge on any atom is 0.407 e. The van der Waals surface area contributed by atoms with Gasteiger partial charge in [0.1, 0.15) is 37.8 Å². The Hall–Kier alpha value is -6.37. The SMILES string of the molecule is CCn1c(-c2nc3cc(C(=O)N4CCC[C@@H](N)C4)cc(OC)c3n2C)cc2c(C)csc21.CCn1c(-c2nc3cc(C(=O)N4CCC[C@@H](NC(=O)OC(C)(C)C)C4)cc(OC)c3n2C)cc2c(C)csc21. The zero-order chi connectivity index (χ0) is 50.6. The van der Waals surface area contributed by atoms with Crippen LogP contribution in [0.5, 0.6) is 11.5 Å². The predicted octanol–water partition coefficient (Wildman–Crippen LogP) is 9.88. The van der Waals surface area contributed by atoms with Crippen molar-refractivity contribution in [1.29, 1.82) is 0 Å². The quantitative estimate of drug-likeness (QED) is 0.143. The molecule has 8 aromatic rings. The number of carbonyl (C=O) groups is 3. The van der Waals surface area contributed by atoms with Gasteiger partial charge in [-0.15, -0.1) is 22.7 Å². The van der Waals surface area contributed by atoms with Gasteiger partial charge in [-0.05, 0) is 132 Å². The first kappa shape index (κ1) is 49.6. The van der Waals surface area contributed by atoms with Crippen LogP contribution < -0.4 is 20.5 Å². The van der Waals surface area contributed by atoms with Crippen LogP contribution in [-0.4, -0.2) is 114 Å². The highest BCUT2D eigenvalue weighted by molar-refractivity contribution is 7.17. The Morgan fingerprint density at radius 3 is 1.62 bits per heavy atom. The fourth-order valence-electron chi connectivity index (χ4n) is 10.2. The van der Waals surface area contributed by atoms with Crippen LogP contribution >= 0.6 is 22.7 Å². The van der Waals surface area contributed by atoms with Gasteiger partial charge < -0.3 is 53.3 Å². The van der Waals surface area contributed by atoms with E-state index in [0.717, 1.165) is 84.9 Å². The molecule has 2 aliphatic rings. The highest BCUT2D eigenvalue weighted by Crippen LogP contribution is 2.39. The van der Waals surface area contributed by atoms with E-state index in [9.17, 15) is 14.4 Å². The summed E-state index contributed by atoms with van der Waals surface area (Å²) < 4.78 is 25.6. The number of rotatable bonds is 9. The van der Waals surface area contributed by atoms with E-state index in [-0.39, 0.29) is 23.9 Å². The molecular weight excluding hydrogens is 937 g/mol. The number of benzene rings is 2. The number of hydrogen-bond acceptors (Lipinski definition) is 11. The Labute approximate surface area is 422 Å². The Balaban J connectivity index is 0.000000179. The number of nitrogens with one attached hydrogen (secondary N) is 1. The van der Waals surface area contributed by atoms with E-state index in [1.807, 2.05) is 62.5 Å². The zero-order valence-electron chi connectivity index (χ0n) is 42.8. The van der Waals surface area contributed by atoms with Crippen LogP contribution in [0.3, 0.4) is 0 Å². The number of carbonyl (C=O) groups excluding carboxylic acids is 3. The second-order valence-electron chi connectivity index (χ2n) is 19.8. The molecule has 376 valence electrons. The van der Waals surface area contributed by atoms with Crippen molar-refractivity contribution >= 4 is 83.1 Å². The summed E-state index contributed by atoms with van der Waals surface area (Å²) in [7, 11) is 7.25. The number of ether oxygens (including phenoxy) is 3. The van der Waals surface area contributed by atoms with Gasteiger partial charge in [-0.2, -0.15) is 0 Å². The van der Waals surface area contributed by atoms with Crippen molar-refractivity contribution in [2.24, 2.45) is 19.8 Å². The van der Waals surface area contributed by atoms with Gasteiger partial charge in [0.05, 0.1) is 36.6 Å². The van der Waals surface area contributed by atoms with Gasteiger partial charge in [0.2, 0.25) is 0 Å². The Morgan fingerprint density at radius 1 is 0.718 bits per heavy atom. The minimum atomic E-state index is -0.574. The first-order valence-electron chi connectivity index (χ1n) is 24.5. The highest BCUT2D eigenvalue weighted by atomic mass is 32.1. The van der Waals surface area contributed by atoms with E-state index in [0.29, 0.717) is 47.8 Å². The van der Waals surface area contributed by atoms with E-state index in [1.54, 1.807) is 47.9 Å². The van der Waals surface area contributed by atoms with Gasteiger partial charge in [-0.1, -0.05) is 0 Å². The Bertz CT molecular complexity index is 3330. The average molecular weight is 1000 g/mol. The van der Waals surface area contributed by atoms with E-state index < -0.39 is 11.7 Å². The van der Waals surface area contributed by atoms with Crippen LogP contribution in [0.15, 0.2) is 47.2 Å². The number of nitrogens with two attached hydrogens (primary N) is 1. The normalized spacial score (nSPS) is 16.5. The highest BCUT2D eigenvalue weighted by Gasteiger charge is 2.30. The van der Waals surface area contributed by atoms with E-state index >= 15 is 0 Å². The van der Waals surface area contributed by atoms with Crippen LogP contribution in [0.2, 0.25) is 0 Å². The summed E-state index contributed by atoms with van der Waals surface area (Å²) in [5, 5.41) is 9.81. The van der Waals surface area contributed by atoms with Crippen LogP contribution in [-0.2, 0) is 31.9 Å². The number of nitrogens with zero attached hydrogens (tertiary/aromatic N) is 8. The lowest BCUT2D eigenvalue weighted by molar-refractivity contribution is 0.0452. The number of likely N-dealkylation sites (tertiary alicyclic amines) is 2. The molecule has 2 aromatic carbocycles. The first-order chi connectivity index (χ1) is 33.9. The number of aromatic nitrogens is 6. The smallest absolute Gasteiger partial charge is 0.407 e. The van der Waals surface area contributed by atoms with Gasteiger partial charge in [0.25, 0.3) is 11.8 Å². The lowest BCUT2D eigenvalue weighted by Gasteiger charge is -2.33. The molecule has 18 heteroatoms. The molecule has 16 nitrogen and oxygen atoms in total. The summed E-state index contributed by atoms with van der Waals surface area (Å²) in [6.07, 6.45) is 3.03. The molecule has 3 N–H and O–H groups in total. The van der Waals surface area contributed by atoms with Gasteiger partial charge in [0, 0.05) is 87.3 Å². The maximum absolute atomic E-state index is 13.6. The summed E-state index contributed by atoms with van der Waals surface area (Å²) in [5.41, 5.74) is 14.5. The largest absolute Gasteiger partial charge is 0.494 e. The van der Waals surface area contributed by atoms with Crippen molar-refractivity contribution in [3.05, 3.63) is 69.4 Å². The van der Waals surface area contributed by atoms with Crippen LogP contribution in [0.4, 0.5) is 4.79 Å². The van der Waals surface area contributed by atoms with Crippen molar-refractivity contribution in [3.63, 3.8) is 0 Å². The number of amides is 3. The van der Waals surface area contributed by atoms with Crippen molar-refractivity contribution in [3.8, 4) is 34.5 Å². The molecule has 0 aliphatic carbocycles. The molecule has 0 unspecified atom stereocenters. The molecule has 0 saturated carbocycles. The number of aryl methyl sites for hydroxylation is 6. The third-order valence-corrected chi connectivity index (χ3v) is 16.0. The Morgan fingerprint density at radius 2 is 1.18 bits per heavy atom. The number of imidazole rings is 2. The Kier molecular flexibility index (Phi) is 13.7. The lowest BCUT2D eigenvalue weighted by atomic mass is 10.0. The van der Waals surface area contributed by atoms with E-state index in [4.69, 9.17) is 29.9 Å². The zero-order valence-corrected chi connectivity index (χ0v) is 44.4. The minimum Gasteiger partial charge on any atom is -0.494 e. The molecule has 8 heterocycles. The van der Waals surface area contributed by atoms with Crippen molar-refractivity contribution in [2.45, 2.75) is 105 Å². The molecule has 2 saturated heterocycles. The summed E-state index contributed by atoms with van der Waals surface area (Å²) in [5.74, 6) is 2.84. The molecule has 0 bridgehead atoms. The van der Waals surface area contributed by atoms with E-state index in [1.165, 1.54) is 31.6 Å². The topological polar surface area (TPSA) is 169 Å². The molecule has 10 rings (SSSR count). The standard InChI is InChI=1S/C29H37N5O4S.C24H29N5O2S/c1-8-34-22(14-20-17(2)16-39-27(20)34)25-31-21-12-18(13-23(37-7)24(21)32(25)6)26(35)33-11-9-10-19(15-33)30-28(36)38-29(3,4)5;1-5-29-19(11-17-14(2)13-32-24(17)29)22-26-18-9-15(10-20(31-4)21(18)27(22)3)23(30)28-8-6-7-16(25)12-28/h12-14,16,19H,8-11,15H2,1-7H3,(H,30,36);9-11,13,16H,5-8,12,25H2,1-4H3/t19-;16-/m11/s1. The molecule has 0 spiro atoms. The molecule has 0 radical (unpaired) electrons. The molecule has 3 amide bonds. The first-order valence-corrected chi connectivity index (χ1v) is 26.3. The van der Waals surface area contributed by atoms with Crippen LogP contribution in [0.25, 0.3) is 65.5 Å². The van der Waals surface area contributed by atoms with E-state index in [2.05, 4.69) is 69.6 Å². The maximum atomic E-state index is 13.6. The van der Waals surface area contributed by atoms with Gasteiger partial charge >= 0.3 is 6.09 Å². The molecule has 71 heavy (non-hydrogen) atoms. The van der Waals surface area contributed by atoms with Crippen molar-refractivity contribution in [2.75, 3.05) is 40.4 Å². The lowest BCUT2D eigenvalue weighted by Crippen LogP contribution is -2.50. The minimum absolute atomic E-state index is 0.0133. The van der Waals surface area contributed by atoms with Crippen LogP contribution in [0, 0.1) is 13.8 Å². The third kappa shape index (κ3) is 9.37. The molecular formula is C53H66N10O6S2. The fourth-order valence-corrected chi connectivity index (χ4v) is 12.5. The number of methoxy groups -OCH3 is 2. The predicted molar refractivity (Wildman–Crippen MR) is 284 cm³/mol. The monoisotopic (exact) mass is 1000 g/mol. The van der Waals surface area contributed by atoms with Crippen molar-refractivity contribution in [1.82, 2.24) is 43.4 Å². The number of piperidine rings is 2. The molecule has 2 atom stereocenters. The summed E-state index contributed by atoms with van der Waals surface area (Å²) in [6.45, 7) is 18.1. The summed E-state index contributed by atoms with van der Waals surface area (Å²) in [6, 6.07) is 11.7. The second kappa shape index (κ2) is 19.7. The summed E-state index contributed by atoms with van der Waals surface area (Å²) >= 11 is 3.51. The molecule has 6 aromatic heterocycles. The fraction of sp³-hybridized carbons (Fsp3) is 0.453. The number of hydrogen-bond donors (Lipinski definition) is 2. The van der Waals surface area contributed by atoms with Gasteiger partial charge in [-0.3, -0.25) is 9.59 Å². The number of thiophene rings is 2.